The number of para-hydroxylation sites is 1. The Labute approximate surface area is 162 Å². The fourth-order valence-electron chi connectivity index (χ4n) is 2.81. The summed E-state index contributed by atoms with van der Waals surface area (Å²) in [7, 11) is 0. The molecule has 0 bridgehead atoms. The number of benzene rings is 3. The Balaban J connectivity index is 1.40. The number of nitrogens with one attached hydrogen (secondary N) is 1. The molecule has 5 nitrogen and oxygen atoms in total. The van der Waals surface area contributed by atoms with Crippen molar-refractivity contribution in [3.63, 3.8) is 0 Å². The van der Waals surface area contributed by atoms with Crippen molar-refractivity contribution < 1.29 is 19.1 Å². The molecule has 1 amide bonds. The minimum atomic E-state index is -0.462. The molecule has 28 heavy (non-hydrogen) atoms. The number of esters is 1. The summed E-state index contributed by atoms with van der Waals surface area (Å²) < 4.78 is 11.0. The number of hydrogen-bond acceptors (Lipinski definition) is 4. The molecule has 0 radical (unpaired) electrons. The number of hydrogen-bond donors (Lipinski definition) is 1. The highest BCUT2D eigenvalue weighted by molar-refractivity contribution is 6.04. The summed E-state index contributed by atoms with van der Waals surface area (Å²) in [5, 5.41) is 2.80. The van der Waals surface area contributed by atoms with Crippen molar-refractivity contribution in [3.8, 4) is 11.5 Å². The third kappa shape index (κ3) is 3.94. The molecule has 0 fully saturated rings. The molecule has 0 aromatic heterocycles. The van der Waals surface area contributed by atoms with Crippen molar-refractivity contribution in [2.24, 2.45) is 0 Å². The van der Waals surface area contributed by atoms with Crippen LogP contribution in [-0.2, 0) is 4.79 Å². The summed E-state index contributed by atoms with van der Waals surface area (Å²) >= 11 is 0. The highest BCUT2D eigenvalue weighted by atomic mass is 16.5. The molecule has 0 unspecified atom stereocenters. The zero-order valence-corrected chi connectivity index (χ0v) is 14.9. The molecule has 0 saturated heterocycles. The largest absolute Gasteiger partial charge is 0.488 e. The second-order valence-corrected chi connectivity index (χ2v) is 6.23. The highest BCUT2D eigenvalue weighted by Crippen LogP contribution is 2.26. The van der Waals surface area contributed by atoms with Gasteiger partial charge in [0.1, 0.15) is 18.1 Å². The molecule has 0 spiro atoms. The van der Waals surface area contributed by atoms with Gasteiger partial charge in [-0.05, 0) is 48.5 Å². The third-order valence-electron chi connectivity index (χ3n) is 4.25. The molecule has 1 aliphatic rings. The topological polar surface area (TPSA) is 64.6 Å². The Morgan fingerprint density at radius 3 is 2.36 bits per heavy atom. The molecule has 3 aromatic rings. The van der Waals surface area contributed by atoms with Crippen LogP contribution in [0.15, 0.2) is 84.4 Å². The van der Waals surface area contributed by atoms with Crippen LogP contribution in [-0.4, -0.2) is 18.5 Å². The second-order valence-electron chi connectivity index (χ2n) is 6.23. The molecule has 138 valence electrons. The average Bonchev–Trinajstić information content (AvgIpc) is 2.75. The lowest BCUT2D eigenvalue weighted by Crippen LogP contribution is -2.19. The van der Waals surface area contributed by atoms with Gasteiger partial charge in [0.05, 0.1) is 5.57 Å². The summed E-state index contributed by atoms with van der Waals surface area (Å²) in [4.78, 5) is 24.6. The van der Waals surface area contributed by atoms with Crippen LogP contribution in [0.25, 0.3) is 6.08 Å². The quantitative estimate of drug-likeness (QED) is 0.548. The number of carbonyl (C=O) groups is 2. The molecular weight excluding hydrogens is 354 g/mol. The predicted octanol–water partition coefficient (Wildman–Crippen LogP) is 4.32. The molecule has 0 aliphatic carbocycles. The van der Waals surface area contributed by atoms with Crippen LogP contribution in [0, 0.1) is 0 Å². The van der Waals surface area contributed by atoms with Crippen molar-refractivity contribution in [1.82, 2.24) is 0 Å². The van der Waals surface area contributed by atoms with Gasteiger partial charge in [0.2, 0.25) is 0 Å². The Morgan fingerprint density at radius 1 is 0.857 bits per heavy atom. The minimum Gasteiger partial charge on any atom is -0.488 e. The van der Waals surface area contributed by atoms with E-state index in [4.69, 9.17) is 9.47 Å². The summed E-state index contributed by atoms with van der Waals surface area (Å²) in [5.41, 5.74) is 2.48. The number of amides is 1. The maximum absolute atomic E-state index is 12.4. The van der Waals surface area contributed by atoms with Crippen LogP contribution in [0.1, 0.15) is 15.9 Å². The van der Waals surface area contributed by atoms with Gasteiger partial charge in [-0.1, -0.05) is 36.4 Å². The van der Waals surface area contributed by atoms with E-state index in [0.717, 1.165) is 11.3 Å². The molecule has 0 atom stereocenters. The molecule has 1 heterocycles. The lowest BCUT2D eigenvalue weighted by molar-refractivity contribution is -0.130. The fourth-order valence-corrected chi connectivity index (χ4v) is 2.81. The van der Waals surface area contributed by atoms with E-state index in [-0.39, 0.29) is 12.5 Å². The minimum absolute atomic E-state index is 0.168. The molecular formula is C23H17NO4. The van der Waals surface area contributed by atoms with Gasteiger partial charge < -0.3 is 14.8 Å². The Morgan fingerprint density at radius 2 is 1.57 bits per heavy atom. The van der Waals surface area contributed by atoms with Crippen molar-refractivity contribution in [2.45, 2.75) is 0 Å². The van der Waals surface area contributed by atoms with Crippen LogP contribution >= 0.6 is 0 Å². The number of ether oxygens (including phenoxy) is 2. The third-order valence-corrected chi connectivity index (χ3v) is 4.25. The molecule has 1 N–H and O–H groups in total. The van der Waals surface area contributed by atoms with Crippen molar-refractivity contribution >= 4 is 23.6 Å². The van der Waals surface area contributed by atoms with Gasteiger partial charge >= 0.3 is 5.97 Å². The number of rotatable bonds is 4. The van der Waals surface area contributed by atoms with Gasteiger partial charge in [0, 0.05) is 16.8 Å². The maximum Gasteiger partial charge on any atom is 0.342 e. The first kappa shape index (κ1) is 17.5. The van der Waals surface area contributed by atoms with Crippen molar-refractivity contribution in [3.05, 3.63) is 95.6 Å². The zero-order chi connectivity index (χ0) is 19.3. The van der Waals surface area contributed by atoms with E-state index in [2.05, 4.69) is 5.32 Å². The van der Waals surface area contributed by atoms with Gasteiger partial charge in [0.15, 0.2) is 0 Å². The van der Waals surface area contributed by atoms with E-state index in [1.54, 1.807) is 54.6 Å². The highest BCUT2D eigenvalue weighted by Gasteiger charge is 2.18. The van der Waals surface area contributed by atoms with Crippen LogP contribution < -0.4 is 14.8 Å². The van der Waals surface area contributed by atoms with E-state index < -0.39 is 5.97 Å². The van der Waals surface area contributed by atoms with Gasteiger partial charge in [-0.2, -0.15) is 0 Å². The number of anilines is 1. The van der Waals surface area contributed by atoms with Crippen LogP contribution in [0.2, 0.25) is 0 Å². The number of fused-ring (bicyclic) bond motifs is 1. The Kier molecular flexibility index (Phi) is 4.89. The normalized spacial score (nSPS) is 12.2. The molecule has 5 heteroatoms. The molecule has 4 rings (SSSR count). The average molecular weight is 371 g/mol. The SMILES string of the molecule is O=C(Oc1ccc(NC(=O)c2ccccc2)cc1)C1=Cc2ccccc2OC1. The first-order valence-electron chi connectivity index (χ1n) is 8.80. The monoisotopic (exact) mass is 371 g/mol. The smallest absolute Gasteiger partial charge is 0.342 e. The lowest BCUT2D eigenvalue weighted by Gasteiger charge is -2.16. The van der Waals surface area contributed by atoms with E-state index in [1.807, 2.05) is 30.3 Å². The predicted molar refractivity (Wildman–Crippen MR) is 106 cm³/mol. The van der Waals surface area contributed by atoms with E-state index in [9.17, 15) is 9.59 Å². The molecule has 1 aliphatic heterocycles. The summed E-state index contributed by atoms with van der Waals surface area (Å²) in [6.07, 6.45) is 1.77. The molecule has 0 saturated carbocycles. The molecule has 3 aromatic carbocycles. The zero-order valence-electron chi connectivity index (χ0n) is 14.9. The maximum atomic E-state index is 12.4. The van der Waals surface area contributed by atoms with Gasteiger partial charge in [-0.15, -0.1) is 0 Å². The van der Waals surface area contributed by atoms with Crippen LogP contribution in [0.5, 0.6) is 11.5 Å². The Hall–Kier alpha value is -3.86. The van der Waals surface area contributed by atoms with Gasteiger partial charge in [-0.25, -0.2) is 4.79 Å². The van der Waals surface area contributed by atoms with Crippen LogP contribution in [0.4, 0.5) is 5.69 Å². The van der Waals surface area contributed by atoms with E-state index in [1.165, 1.54) is 0 Å². The standard InChI is InChI=1S/C23H17NO4/c25-22(16-6-2-1-3-7-16)24-19-10-12-20(13-11-19)28-23(26)18-14-17-8-4-5-9-21(17)27-15-18/h1-14H,15H2,(H,24,25). The van der Waals surface area contributed by atoms with Gasteiger partial charge in [-0.3, -0.25) is 4.79 Å². The van der Waals surface area contributed by atoms with Crippen molar-refractivity contribution in [1.29, 1.82) is 0 Å². The second kappa shape index (κ2) is 7.80. The van der Waals surface area contributed by atoms with Crippen molar-refractivity contribution in [2.75, 3.05) is 11.9 Å². The van der Waals surface area contributed by atoms with Crippen LogP contribution in [0.3, 0.4) is 0 Å². The van der Waals surface area contributed by atoms with E-state index in [0.29, 0.717) is 22.6 Å². The van der Waals surface area contributed by atoms with Gasteiger partial charge in [0.25, 0.3) is 5.91 Å². The first-order chi connectivity index (χ1) is 13.7. The van der Waals surface area contributed by atoms with E-state index >= 15 is 0 Å². The Bertz CT molecular complexity index is 1040. The summed E-state index contributed by atoms with van der Waals surface area (Å²) in [5.74, 6) is 0.476. The lowest BCUT2D eigenvalue weighted by atomic mass is 10.1. The summed E-state index contributed by atoms with van der Waals surface area (Å²) in [6, 6.07) is 23.1. The fraction of sp³-hybridized carbons (Fsp3) is 0.0435. The summed E-state index contributed by atoms with van der Waals surface area (Å²) in [6.45, 7) is 0.168. The first-order valence-corrected chi connectivity index (χ1v) is 8.80. The number of carbonyl (C=O) groups excluding carboxylic acids is 2.